The van der Waals surface area contributed by atoms with Gasteiger partial charge in [-0.3, -0.25) is 0 Å². The van der Waals surface area contributed by atoms with E-state index in [0.717, 1.165) is 12.2 Å². The molecule has 0 aromatic carbocycles. The van der Waals surface area contributed by atoms with Gasteiger partial charge in [0.15, 0.2) is 6.61 Å². The van der Waals surface area contributed by atoms with E-state index < -0.39 is 17.9 Å². The van der Waals surface area contributed by atoms with Gasteiger partial charge in [-0.2, -0.15) is 0 Å². The Labute approximate surface area is 105 Å². The molecule has 0 rings (SSSR count). The van der Waals surface area contributed by atoms with Gasteiger partial charge in [0, 0.05) is 18.1 Å². The summed E-state index contributed by atoms with van der Waals surface area (Å²) in [7, 11) is 0. The van der Waals surface area contributed by atoms with E-state index in [9.17, 15) is 14.4 Å². The summed E-state index contributed by atoms with van der Waals surface area (Å²) in [5.41, 5.74) is 0. The van der Waals surface area contributed by atoms with Crippen LogP contribution in [0.1, 0.15) is 13.8 Å². The Morgan fingerprint density at radius 3 is 2.06 bits per heavy atom. The highest BCUT2D eigenvalue weighted by molar-refractivity contribution is 5.92. The zero-order chi connectivity index (χ0) is 13.8. The Bertz CT molecular complexity index is 385. The number of ether oxygens (including phenoxy) is 3. The molecule has 0 bridgehead atoms. The lowest BCUT2D eigenvalue weighted by Gasteiger charge is -1.95. The average molecular weight is 254 g/mol. The number of carbonyl (C=O) groups is 3. The normalized spacial score (nSPS) is 9.22. The third kappa shape index (κ3) is 8.97. The lowest BCUT2D eigenvalue weighted by Crippen LogP contribution is -2.05. The quantitative estimate of drug-likeness (QED) is 0.229. The highest BCUT2D eigenvalue weighted by Crippen LogP contribution is 1.85. The molecule has 0 aromatic heterocycles. The summed E-state index contributed by atoms with van der Waals surface area (Å²) >= 11 is 0. The molecular weight excluding hydrogens is 240 g/mol. The molecule has 0 aromatic rings. The van der Waals surface area contributed by atoms with E-state index in [1.807, 2.05) is 0 Å². The molecule has 6 nitrogen and oxygen atoms in total. The third-order valence-electron chi connectivity index (χ3n) is 1.39. The summed E-state index contributed by atoms with van der Waals surface area (Å²) < 4.78 is 13.7. The van der Waals surface area contributed by atoms with Crippen molar-refractivity contribution in [2.75, 3.05) is 19.8 Å². The average Bonchev–Trinajstić information content (AvgIpc) is 2.33. The van der Waals surface area contributed by atoms with Crippen molar-refractivity contribution in [2.24, 2.45) is 0 Å². The van der Waals surface area contributed by atoms with Crippen molar-refractivity contribution in [2.45, 2.75) is 13.8 Å². The van der Waals surface area contributed by atoms with Crippen molar-refractivity contribution in [3.63, 3.8) is 0 Å². The number of rotatable bonds is 5. The van der Waals surface area contributed by atoms with Gasteiger partial charge in [0.2, 0.25) is 0 Å². The van der Waals surface area contributed by atoms with Gasteiger partial charge in [-0.25, -0.2) is 14.4 Å². The largest absolute Gasteiger partial charge is 0.463 e. The van der Waals surface area contributed by atoms with Gasteiger partial charge in [0.05, 0.1) is 13.2 Å². The molecule has 6 heteroatoms. The van der Waals surface area contributed by atoms with Gasteiger partial charge in [0.1, 0.15) is 0 Å². The van der Waals surface area contributed by atoms with Gasteiger partial charge in [0.25, 0.3) is 0 Å². The van der Waals surface area contributed by atoms with Crippen molar-refractivity contribution in [1.82, 2.24) is 0 Å². The van der Waals surface area contributed by atoms with E-state index in [1.54, 1.807) is 13.8 Å². The van der Waals surface area contributed by atoms with Crippen molar-refractivity contribution in [3.8, 4) is 11.8 Å². The van der Waals surface area contributed by atoms with Crippen LogP contribution in [-0.4, -0.2) is 37.7 Å². The summed E-state index contributed by atoms with van der Waals surface area (Å²) in [6.07, 6.45) is 1.87. The fraction of sp³-hybridized carbons (Fsp3) is 0.417. The molecule has 0 aliphatic rings. The summed E-state index contributed by atoms with van der Waals surface area (Å²) in [6, 6.07) is 0. The van der Waals surface area contributed by atoms with Gasteiger partial charge in [-0.05, 0) is 19.8 Å². The molecule has 18 heavy (non-hydrogen) atoms. The molecule has 0 unspecified atom stereocenters. The second-order valence-electron chi connectivity index (χ2n) is 2.72. The number of hydrogen-bond donors (Lipinski definition) is 0. The molecule has 0 heterocycles. The predicted octanol–water partition coefficient (Wildman–Crippen LogP) is 0.215. The van der Waals surface area contributed by atoms with E-state index in [4.69, 9.17) is 0 Å². The molecule has 98 valence electrons. The highest BCUT2D eigenvalue weighted by Gasteiger charge is 1.99. The molecule has 0 amide bonds. The van der Waals surface area contributed by atoms with E-state index >= 15 is 0 Å². The molecule has 0 aliphatic carbocycles. The van der Waals surface area contributed by atoms with Crippen LogP contribution in [0.25, 0.3) is 0 Å². The Kier molecular flexibility index (Phi) is 8.64. The maximum Gasteiger partial charge on any atom is 0.384 e. The van der Waals surface area contributed by atoms with Crippen molar-refractivity contribution < 1.29 is 28.6 Å². The molecule has 0 radical (unpaired) electrons. The molecule has 0 fully saturated rings. The first kappa shape index (κ1) is 15.7. The minimum atomic E-state index is -0.749. The summed E-state index contributed by atoms with van der Waals surface area (Å²) in [5, 5.41) is 0. The Balaban J connectivity index is 3.90. The molecule has 0 saturated carbocycles. The first-order valence-electron chi connectivity index (χ1n) is 5.27. The van der Waals surface area contributed by atoms with Crippen LogP contribution in [0.15, 0.2) is 12.2 Å². The summed E-state index contributed by atoms with van der Waals surface area (Å²) in [6.45, 7) is 3.50. The predicted molar refractivity (Wildman–Crippen MR) is 61.1 cm³/mol. The van der Waals surface area contributed by atoms with Crippen LogP contribution in [0.2, 0.25) is 0 Å². The van der Waals surface area contributed by atoms with Crippen LogP contribution in [-0.2, 0) is 28.6 Å². The van der Waals surface area contributed by atoms with Crippen molar-refractivity contribution in [3.05, 3.63) is 12.2 Å². The SMILES string of the molecule is CCOC(=O)C#CCOC(=O)/C=C/C(=O)OCC. The minimum Gasteiger partial charge on any atom is -0.463 e. The topological polar surface area (TPSA) is 78.9 Å². The van der Waals surface area contributed by atoms with Crippen molar-refractivity contribution in [1.29, 1.82) is 0 Å². The minimum absolute atomic E-state index is 0.225. The molecular formula is C12H14O6. The second kappa shape index (κ2) is 9.90. The highest BCUT2D eigenvalue weighted by atomic mass is 16.5. The van der Waals surface area contributed by atoms with Crippen LogP contribution in [0.5, 0.6) is 0 Å². The van der Waals surface area contributed by atoms with E-state index in [0.29, 0.717) is 0 Å². The molecule has 0 atom stereocenters. The second-order valence-corrected chi connectivity index (χ2v) is 2.72. The lowest BCUT2D eigenvalue weighted by atomic mass is 10.5. The number of carbonyl (C=O) groups excluding carboxylic acids is 3. The van der Waals surface area contributed by atoms with Gasteiger partial charge < -0.3 is 14.2 Å². The van der Waals surface area contributed by atoms with Crippen LogP contribution in [0.4, 0.5) is 0 Å². The molecule has 0 aliphatic heterocycles. The summed E-state index contributed by atoms with van der Waals surface area (Å²) in [5.74, 6) is 2.35. The Morgan fingerprint density at radius 2 is 1.50 bits per heavy atom. The maximum atomic E-state index is 11.0. The Hall–Kier alpha value is -2.29. The maximum absolute atomic E-state index is 11.0. The van der Waals surface area contributed by atoms with Crippen LogP contribution in [0, 0.1) is 11.8 Å². The fourth-order valence-electron chi connectivity index (χ4n) is 0.757. The monoisotopic (exact) mass is 254 g/mol. The third-order valence-corrected chi connectivity index (χ3v) is 1.39. The Morgan fingerprint density at radius 1 is 0.944 bits per heavy atom. The van der Waals surface area contributed by atoms with E-state index in [1.165, 1.54) is 0 Å². The number of esters is 3. The first-order valence-corrected chi connectivity index (χ1v) is 5.27. The van der Waals surface area contributed by atoms with Crippen LogP contribution in [0.3, 0.4) is 0 Å². The van der Waals surface area contributed by atoms with Gasteiger partial charge in [-0.1, -0.05) is 0 Å². The van der Waals surface area contributed by atoms with Crippen molar-refractivity contribution >= 4 is 17.9 Å². The van der Waals surface area contributed by atoms with Gasteiger partial charge >= 0.3 is 17.9 Å². The first-order chi connectivity index (χ1) is 8.60. The number of hydrogen-bond acceptors (Lipinski definition) is 6. The zero-order valence-corrected chi connectivity index (χ0v) is 10.2. The van der Waals surface area contributed by atoms with E-state index in [-0.39, 0.29) is 19.8 Å². The lowest BCUT2D eigenvalue weighted by molar-refractivity contribution is -0.139. The standard InChI is InChI=1S/C12H14O6/c1-3-16-10(13)6-5-9-18-12(15)8-7-11(14)17-4-2/h7-8H,3-4,9H2,1-2H3/b8-7+. The molecule has 0 spiro atoms. The fourth-order valence-corrected chi connectivity index (χ4v) is 0.757. The molecule has 0 N–H and O–H groups in total. The van der Waals surface area contributed by atoms with E-state index in [2.05, 4.69) is 26.1 Å². The summed E-state index contributed by atoms with van der Waals surface area (Å²) in [4.78, 5) is 32.6. The smallest absolute Gasteiger partial charge is 0.384 e. The zero-order valence-electron chi connectivity index (χ0n) is 10.2. The van der Waals surface area contributed by atoms with Crippen LogP contribution < -0.4 is 0 Å². The molecule has 0 saturated heterocycles. The van der Waals surface area contributed by atoms with Gasteiger partial charge in [-0.15, -0.1) is 0 Å². The van der Waals surface area contributed by atoms with Crippen LogP contribution >= 0.6 is 0 Å².